The normalized spacial score (nSPS) is 23.6. The summed E-state index contributed by atoms with van der Waals surface area (Å²) in [5.41, 5.74) is -1.03. The minimum absolute atomic E-state index is 0.205. The highest BCUT2D eigenvalue weighted by Gasteiger charge is 2.36. The third kappa shape index (κ3) is 1.54. The second kappa shape index (κ2) is 3.92. The molecule has 1 aliphatic heterocycles. The van der Waals surface area contributed by atoms with Crippen LogP contribution >= 0.6 is 0 Å². The summed E-state index contributed by atoms with van der Waals surface area (Å²) in [7, 11) is 0. The highest BCUT2D eigenvalue weighted by Crippen LogP contribution is 2.31. The van der Waals surface area contributed by atoms with Crippen molar-refractivity contribution in [3.8, 4) is 0 Å². The second-order valence-electron chi connectivity index (χ2n) is 3.80. The lowest BCUT2D eigenvalue weighted by Gasteiger charge is -2.27. The van der Waals surface area contributed by atoms with Crippen LogP contribution in [0.5, 0.6) is 0 Å². The molecule has 0 bridgehead atoms. The molecule has 1 aliphatic rings. The number of carbonyl (C=O) groups is 1. The Labute approximate surface area is 92.5 Å². The molecular weight excluding hydrogens is 206 g/mol. The molecule has 0 amide bonds. The fraction of sp³-hybridized carbons (Fsp3) is 0.364. The number of aromatic amines is 1. The molecule has 0 saturated carbocycles. The Balaban J connectivity index is 2.40. The molecule has 2 heterocycles. The van der Waals surface area contributed by atoms with Gasteiger partial charge in [0.25, 0.3) is 0 Å². The maximum Gasteiger partial charge on any atom is 0.332 e. The van der Waals surface area contributed by atoms with E-state index in [1.54, 1.807) is 18.5 Å². The van der Waals surface area contributed by atoms with Crippen LogP contribution in [0.25, 0.3) is 0 Å². The first-order valence-corrected chi connectivity index (χ1v) is 5.20. The van der Waals surface area contributed by atoms with Gasteiger partial charge in [0.2, 0.25) is 5.91 Å². The quantitative estimate of drug-likeness (QED) is 0.812. The van der Waals surface area contributed by atoms with Gasteiger partial charge >= 0.3 is 5.69 Å². The second-order valence-corrected chi connectivity index (χ2v) is 3.80. The highest BCUT2D eigenvalue weighted by molar-refractivity contribution is 5.90. The summed E-state index contributed by atoms with van der Waals surface area (Å²) in [5.74, 6) is -0.205. The first kappa shape index (κ1) is 10.6. The molecule has 5 heteroatoms. The van der Waals surface area contributed by atoms with Crippen LogP contribution in [-0.2, 0) is 0 Å². The number of hydrogen-bond acceptors (Lipinski definition) is 3. The number of imidazole rings is 1. The monoisotopic (exact) mass is 219 g/mol. The Bertz CT molecular complexity index is 509. The van der Waals surface area contributed by atoms with Crippen molar-refractivity contribution in [2.45, 2.75) is 19.8 Å². The largest absolute Gasteiger partial charge is 0.332 e. The first-order valence-electron chi connectivity index (χ1n) is 5.20. The van der Waals surface area contributed by atoms with E-state index in [2.05, 4.69) is 9.98 Å². The number of nitrogens with one attached hydrogen (secondary N) is 1. The average Bonchev–Trinajstić information content (AvgIpc) is 2.75. The summed E-state index contributed by atoms with van der Waals surface area (Å²) < 4.78 is 1.12. The molecule has 1 aromatic heterocycles. The van der Waals surface area contributed by atoms with Crippen LogP contribution in [0.3, 0.4) is 0 Å². The molecule has 2 rings (SSSR count). The van der Waals surface area contributed by atoms with Crippen molar-refractivity contribution < 1.29 is 4.79 Å². The molecule has 1 N–H and O–H groups in total. The molecule has 0 aliphatic carbocycles. The lowest BCUT2D eigenvalue weighted by Crippen LogP contribution is -2.38. The lowest BCUT2D eigenvalue weighted by molar-refractivity contribution is 0.0756. The van der Waals surface area contributed by atoms with Crippen molar-refractivity contribution in [2.75, 3.05) is 0 Å². The van der Waals surface area contributed by atoms with Crippen molar-refractivity contribution in [3.63, 3.8) is 0 Å². The van der Waals surface area contributed by atoms with E-state index >= 15 is 0 Å². The maximum atomic E-state index is 12.3. The number of allylic oxidation sites excluding steroid dienone is 1. The number of aliphatic imine (C=N–C) groups is 1. The van der Waals surface area contributed by atoms with Gasteiger partial charge < -0.3 is 4.98 Å². The molecular formula is C11H13N3O2. The van der Waals surface area contributed by atoms with Crippen LogP contribution in [0.15, 0.2) is 34.5 Å². The van der Waals surface area contributed by atoms with E-state index in [1.165, 1.54) is 12.4 Å². The average molecular weight is 219 g/mol. The minimum atomic E-state index is -0.631. The standard InChI is InChI=1S/C11H13N3O2/c1-2-11(3-5-12-6-4-11)9(15)14-8-7-13-10(14)16/h3,5-8H,2,4H2,1H3,(H,13,16). The lowest BCUT2D eigenvalue weighted by atomic mass is 9.80. The van der Waals surface area contributed by atoms with Crippen molar-refractivity contribution in [1.82, 2.24) is 9.55 Å². The maximum absolute atomic E-state index is 12.3. The third-order valence-electron chi connectivity index (χ3n) is 2.97. The molecule has 16 heavy (non-hydrogen) atoms. The van der Waals surface area contributed by atoms with Crippen LogP contribution in [0.2, 0.25) is 0 Å². The first-order chi connectivity index (χ1) is 7.69. The van der Waals surface area contributed by atoms with Gasteiger partial charge in [-0.2, -0.15) is 0 Å². The van der Waals surface area contributed by atoms with E-state index in [9.17, 15) is 9.59 Å². The van der Waals surface area contributed by atoms with E-state index in [0.717, 1.165) is 4.57 Å². The van der Waals surface area contributed by atoms with Crippen molar-refractivity contribution in [2.24, 2.45) is 10.4 Å². The Morgan fingerprint density at radius 1 is 1.69 bits per heavy atom. The Kier molecular flexibility index (Phi) is 2.60. The zero-order chi connectivity index (χ0) is 11.6. The molecule has 5 nitrogen and oxygen atoms in total. The third-order valence-corrected chi connectivity index (χ3v) is 2.97. The van der Waals surface area contributed by atoms with Gasteiger partial charge in [-0.15, -0.1) is 0 Å². The number of rotatable bonds is 2. The molecule has 0 radical (unpaired) electrons. The van der Waals surface area contributed by atoms with E-state index in [-0.39, 0.29) is 5.91 Å². The van der Waals surface area contributed by atoms with E-state index < -0.39 is 11.1 Å². The number of carbonyl (C=O) groups excluding carboxylic acids is 1. The van der Waals surface area contributed by atoms with E-state index in [1.807, 2.05) is 6.92 Å². The smallest absolute Gasteiger partial charge is 0.312 e. The van der Waals surface area contributed by atoms with Gasteiger partial charge in [0, 0.05) is 31.2 Å². The van der Waals surface area contributed by atoms with Crippen molar-refractivity contribution >= 4 is 12.1 Å². The van der Waals surface area contributed by atoms with Gasteiger partial charge in [0.05, 0.1) is 5.41 Å². The zero-order valence-corrected chi connectivity index (χ0v) is 9.01. The fourth-order valence-electron chi connectivity index (χ4n) is 1.82. The SMILES string of the molecule is CCC1(C(=O)n2cc[nH]c2=O)C=CN=CC1. The van der Waals surface area contributed by atoms with Gasteiger partial charge in [-0.05, 0) is 6.42 Å². The minimum Gasteiger partial charge on any atom is -0.312 e. The topological polar surface area (TPSA) is 67.2 Å². The zero-order valence-electron chi connectivity index (χ0n) is 9.01. The van der Waals surface area contributed by atoms with Gasteiger partial charge in [-0.25, -0.2) is 9.36 Å². The molecule has 84 valence electrons. The molecule has 1 atom stereocenters. The van der Waals surface area contributed by atoms with Crippen LogP contribution in [-0.4, -0.2) is 21.7 Å². The summed E-state index contributed by atoms with van der Waals surface area (Å²) in [4.78, 5) is 30.1. The molecule has 0 saturated heterocycles. The number of aromatic nitrogens is 2. The van der Waals surface area contributed by atoms with Crippen LogP contribution in [0, 0.1) is 5.41 Å². The summed E-state index contributed by atoms with van der Waals surface area (Å²) in [6.07, 6.45) is 9.20. The summed E-state index contributed by atoms with van der Waals surface area (Å²) in [5, 5.41) is 0. The molecule has 0 spiro atoms. The van der Waals surface area contributed by atoms with Gasteiger partial charge in [-0.3, -0.25) is 9.79 Å². The van der Waals surface area contributed by atoms with Crippen molar-refractivity contribution in [1.29, 1.82) is 0 Å². The predicted octanol–water partition coefficient (Wildman–Crippen LogP) is 1.20. The summed E-state index contributed by atoms with van der Waals surface area (Å²) >= 11 is 0. The molecule has 0 aromatic carbocycles. The van der Waals surface area contributed by atoms with Gasteiger partial charge in [0.15, 0.2) is 0 Å². The number of nitrogens with zero attached hydrogens (tertiary/aromatic N) is 2. The highest BCUT2D eigenvalue weighted by atomic mass is 16.2. The van der Waals surface area contributed by atoms with E-state index in [0.29, 0.717) is 12.8 Å². The Morgan fingerprint density at radius 3 is 3.00 bits per heavy atom. The summed E-state index contributed by atoms with van der Waals surface area (Å²) in [6, 6.07) is 0. The van der Waals surface area contributed by atoms with Gasteiger partial charge in [-0.1, -0.05) is 13.0 Å². The van der Waals surface area contributed by atoms with Crippen LogP contribution in [0.4, 0.5) is 0 Å². The van der Waals surface area contributed by atoms with E-state index in [4.69, 9.17) is 0 Å². The molecule has 1 unspecified atom stereocenters. The number of H-pyrrole nitrogens is 1. The Morgan fingerprint density at radius 2 is 2.50 bits per heavy atom. The van der Waals surface area contributed by atoms with Gasteiger partial charge in [0.1, 0.15) is 0 Å². The Hall–Kier alpha value is -1.91. The number of hydrogen-bond donors (Lipinski definition) is 1. The van der Waals surface area contributed by atoms with Crippen LogP contribution in [0.1, 0.15) is 24.6 Å². The van der Waals surface area contributed by atoms with Crippen molar-refractivity contribution in [3.05, 3.63) is 35.2 Å². The summed E-state index contributed by atoms with van der Waals surface area (Å²) in [6.45, 7) is 1.93. The molecule has 1 aromatic rings. The molecule has 0 fully saturated rings. The van der Waals surface area contributed by atoms with Crippen LogP contribution < -0.4 is 5.69 Å². The predicted molar refractivity (Wildman–Crippen MR) is 60.7 cm³/mol. The fourth-order valence-corrected chi connectivity index (χ4v) is 1.82.